The Kier molecular flexibility index (Phi) is 5.25. The summed E-state index contributed by atoms with van der Waals surface area (Å²) in [7, 11) is 0. The van der Waals surface area contributed by atoms with E-state index in [4.69, 9.17) is 5.73 Å². The van der Waals surface area contributed by atoms with Gasteiger partial charge >= 0.3 is 0 Å². The first-order valence-corrected chi connectivity index (χ1v) is 5.76. The van der Waals surface area contributed by atoms with Crippen molar-refractivity contribution < 1.29 is 27.1 Å². The third kappa shape index (κ3) is 2.87. The second kappa shape index (κ2) is 6.29. The molecule has 0 amide bonds. The average molecular weight is 283 g/mol. The molecule has 2 unspecified atom stereocenters. The molecule has 19 heavy (non-hydrogen) atoms. The highest BCUT2D eigenvalue weighted by atomic mass is 19.2. The number of hydrogen-bond donors (Lipinski definition) is 2. The standard InChI is InChI=1S/C12H14F5NO/c1-2-3-5(4-18)12(19)6-7(13)9(15)11(17)10(16)8(6)14/h5,12,19H,2-4,18H2,1H3. The Balaban J connectivity index is 3.34. The molecule has 0 bridgehead atoms. The molecule has 2 nitrogen and oxygen atoms in total. The van der Waals surface area contributed by atoms with Crippen LogP contribution in [0.2, 0.25) is 0 Å². The lowest BCUT2D eigenvalue weighted by Crippen LogP contribution is -2.24. The van der Waals surface area contributed by atoms with E-state index in [1.165, 1.54) is 0 Å². The first kappa shape index (κ1) is 15.8. The molecule has 7 heteroatoms. The molecular weight excluding hydrogens is 269 g/mol. The third-order valence-electron chi connectivity index (χ3n) is 2.95. The van der Waals surface area contributed by atoms with Gasteiger partial charge in [-0.25, -0.2) is 22.0 Å². The van der Waals surface area contributed by atoms with Crippen LogP contribution in [0.5, 0.6) is 0 Å². The molecule has 0 spiro atoms. The number of halogens is 5. The van der Waals surface area contributed by atoms with Crippen molar-refractivity contribution in [1.29, 1.82) is 0 Å². The Labute approximate surface area is 107 Å². The van der Waals surface area contributed by atoms with Gasteiger partial charge in [-0.15, -0.1) is 0 Å². The van der Waals surface area contributed by atoms with Crippen LogP contribution in [0.3, 0.4) is 0 Å². The molecule has 0 heterocycles. The van der Waals surface area contributed by atoms with Crippen molar-refractivity contribution >= 4 is 0 Å². The van der Waals surface area contributed by atoms with Crippen LogP contribution < -0.4 is 5.73 Å². The highest BCUT2D eigenvalue weighted by Crippen LogP contribution is 2.32. The first-order valence-electron chi connectivity index (χ1n) is 5.76. The van der Waals surface area contributed by atoms with Crippen molar-refractivity contribution in [3.05, 3.63) is 34.6 Å². The number of aliphatic hydroxyl groups excluding tert-OH is 1. The second-order valence-electron chi connectivity index (χ2n) is 4.21. The molecule has 0 radical (unpaired) electrons. The quantitative estimate of drug-likeness (QED) is 0.496. The minimum Gasteiger partial charge on any atom is -0.388 e. The molecule has 0 aliphatic heterocycles. The molecular formula is C12H14F5NO. The van der Waals surface area contributed by atoms with Crippen molar-refractivity contribution in [2.45, 2.75) is 25.9 Å². The molecule has 108 valence electrons. The largest absolute Gasteiger partial charge is 0.388 e. The molecule has 0 saturated carbocycles. The zero-order valence-electron chi connectivity index (χ0n) is 10.2. The maximum atomic E-state index is 13.5. The maximum Gasteiger partial charge on any atom is 0.200 e. The van der Waals surface area contributed by atoms with Crippen molar-refractivity contribution in [2.75, 3.05) is 6.54 Å². The summed E-state index contributed by atoms with van der Waals surface area (Å²) < 4.78 is 65.8. The van der Waals surface area contributed by atoms with Crippen molar-refractivity contribution in [1.82, 2.24) is 0 Å². The van der Waals surface area contributed by atoms with Crippen LogP contribution in [0.1, 0.15) is 31.4 Å². The molecule has 0 aliphatic carbocycles. The van der Waals surface area contributed by atoms with E-state index in [-0.39, 0.29) is 6.54 Å². The van der Waals surface area contributed by atoms with Gasteiger partial charge in [-0.3, -0.25) is 0 Å². The molecule has 1 aromatic rings. The van der Waals surface area contributed by atoms with Crippen molar-refractivity contribution in [3.8, 4) is 0 Å². The number of hydrogen-bond acceptors (Lipinski definition) is 2. The zero-order chi connectivity index (χ0) is 14.7. The zero-order valence-corrected chi connectivity index (χ0v) is 10.2. The van der Waals surface area contributed by atoms with Gasteiger partial charge in [-0.2, -0.15) is 0 Å². The molecule has 1 rings (SSSR count). The van der Waals surface area contributed by atoms with E-state index in [0.29, 0.717) is 12.8 Å². The fraction of sp³-hybridized carbons (Fsp3) is 0.500. The van der Waals surface area contributed by atoms with Gasteiger partial charge in [0.15, 0.2) is 23.3 Å². The van der Waals surface area contributed by atoms with E-state index >= 15 is 0 Å². The Morgan fingerprint density at radius 3 is 1.74 bits per heavy atom. The molecule has 3 N–H and O–H groups in total. The Bertz CT molecular complexity index is 437. The van der Waals surface area contributed by atoms with Gasteiger partial charge < -0.3 is 10.8 Å². The summed E-state index contributed by atoms with van der Waals surface area (Å²) in [5.41, 5.74) is 4.11. The average Bonchev–Trinajstić information content (AvgIpc) is 2.40. The first-order chi connectivity index (χ1) is 8.86. The molecule has 0 aromatic heterocycles. The van der Waals surface area contributed by atoms with E-state index in [1.807, 2.05) is 0 Å². The summed E-state index contributed by atoms with van der Waals surface area (Å²) in [5, 5.41) is 9.80. The second-order valence-corrected chi connectivity index (χ2v) is 4.21. The van der Waals surface area contributed by atoms with E-state index in [0.717, 1.165) is 0 Å². The number of nitrogens with two attached hydrogens (primary N) is 1. The number of aliphatic hydroxyl groups is 1. The predicted octanol–water partition coefficient (Wildman–Crippen LogP) is 2.79. The monoisotopic (exact) mass is 283 g/mol. The fourth-order valence-corrected chi connectivity index (χ4v) is 1.89. The van der Waals surface area contributed by atoms with Gasteiger partial charge in [0.1, 0.15) is 0 Å². The minimum atomic E-state index is -2.24. The van der Waals surface area contributed by atoms with Crippen molar-refractivity contribution in [3.63, 3.8) is 0 Å². The van der Waals surface area contributed by atoms with Crippen molar-refractivity contribution in [2.24, 2.45) is 11.7 Å². The van der Waals surface area contributed by atoms with E-state index in [9.17, 15) is 27.1 Å². The van der Waals surface area contributed by atoms with E-state index in [2.05, 4.69) is 0 Å². The van der Waals surface area contributed by atoms with Gasteiger partial charge in [-0.05, 0) is 13.0 Å². The van der Waals surface area contributed by atoms with E-state index in [1.54, 1.807) is 6.92 Å². The summed E-state index contributed by atoms with van der Waals surface area (Å²) in [5.74, 6) is -11.2. The molecule has 0 saturated heterocycles. The summed E-state index contributed by atoms with van der Waals surface area (Å²) >= 11 is 0. The SMILES string of the molecule is CCCC(CN)C(O)c1c(F)c(F)c(F)c(F)c1F. The summed E-state index contributed by atoms with van der Waals surface area (Å²) in [4.78, 5) is 0. The highest BCUT2D eigenvalue weighted by Gasteiger charge is 2.32. The highest BCUT2D eigenvalue weighted by molar-refractivity contribution is 5.26. The van der Waals surface area contributed by atoms with Crippen LogP contribution >= 0.6 is 0 Å². The normalized spacial score (nSPS) is 14.5. The van der Waals surface area contributed by atoms with Gasteiger partial charge in [0.05, 0.1) is 11.7 Å². The number of rotatable bonds is 5. The third-order valence-corrected chi connectivity index (χ3v) is 2.95. The Morgan fingerprint density at radius 1 is 0.947 bits per heavy atom. The summed E-state index contributed by atoms with van der Waals surface area (Å²) in [6.07, 6.45) is -0.986. The lowest BCUT2D eigenvalue weighted by Gasteiger charge is -2.22. The molecule has 0 fully saturated rings. The topological polar surface area (TPSA) is 46.2 Å². The summed E-state index contributed by atoms with van der Waals surface area (Å²) in [6, 6.07) is 0. The van der Waals surface area contributed by atoms with Gasteiger partial charge in [0.2, 0.25) is 5.82 Å². The maximum absolute atomic E-state index is 13.5. The van der Waals surface area contributed by atoms with Crippen LogP contribution in [-0.4, -0.2) is 11.7 Å². The fourth-order valence-electron chi connectivity index (χ4n) is 1.89. The Morgan fingerprint density at radius 2 is 1.37 bits per heavy atom. The molecule has 0 aliphatic rings. The predicted molar refractivity (Wildman–Crippen MR) is 58.6 cm³/mol. The van der Waals surface area contributed by atoms with Gasteiger partial charge in [0, 0.05) is 5.92 Å². The van der Waals surface area contributed by atoms with E-state index < -0.39 is 46.7 Å². The molecule has 1 aromatic carbocycles. The van der Waals surface area contributed by atoms with Crippen LogP contribution in [-0.2, 0) is 0 Å². The van der Waals surface area contributed by atoms with Crippen LogP contribution in [0.25, 0.3) is 0 Å². The minimum absolute atomic E-state index is 0.130. The Hall–Kier alpha value is -1.21. The smallest absolute Gasteiger partial charge is 0.200 e. The van der Waals surface area contributed by atoms with Crippen LogP contribution in [0.15, 0.2) is 0 Å². The van der Waals surface area contributed by atoms with Crippen LogP contribution in [0.4, 0.5) is 22.0 Å². The van der Waals surface area contributed by atoms with Gasteiger partial charge in [0.25, 0.3) is 0 Å². The van der Waals surface area contributed by atoms with Crippen LogP contribution in [0, 0.1) is 35.0 Å². The summed E-state index contributed by atoms with van der Waals surface area (Å²) in [6.45, 7) is 1.61. The van der Waals surface area contributed by atoms with Gasteiger partial charge in [-0.1, -0.05) is 13.3 Å². The lowest BCUT2D eigenvalue weighted by atomic mass is 9.91. The lowest BCUT2D eigenvalue weighted by molar-refractivity contribution is 0.0963. The number of benzene rings is 1. The molecule has 2 atom stereocenters.